The first-order valence-electron chi connectivity index (χ1n) is 31.0. The smallest absolute Gasteiger partial charge is 0.306 e. The predicted octanol–water partition coefficient (Wildman–Crippen LogP) is 21.5. The zero-order valence-electron chi connectivity index (χ0n) is 49.0. The molecule has 1 unspecified atom stereocenters. The second kappa shape index (κ2) is 64.8. The van der Waals surface area contributed by atoms with Gasteiger partial charge in [-0.05, 0) is 122 Å². The molecule has 428 valence electrons. The van der Waals surface area contributed by atoms with E-state index >= 15 is 0 Å². The van der Waals surface area contributed by atoms with E-state index in [1.165, 1.54) is 109 Å². The van der Waals surface area contributed by atoms with Crippen LogP contribution in [-0.2, 0) is 19.1 Å². The zero-order valence-corrected chi connectivity index (χ0v) is 49.0. The van der Waals surface area contributed by atoms with Crippen LogP contribution >= 0.6 is 0 Å². The van der Waals surface area contributed by atoms with Crippen molar-refractivity contribution in [2.75, 3.05) is 13.2 Å². The Bertz CT molecular complexity index is 1660. The highest BCUT2D eigenvalue weighted by Gasteiger charge is 2.16. The Morgan fingerprint density at radius 3 is 0.816 bits per heavy atom. The van der Waals surface area contributed by atoms with Gasteiger partial charge in [0.05, 0.1) is 6.61 Å². The summed E-state index contributed by atoms with van der Waals surface area (Å²) in [5, 5.41) is 9.66. The average molecular weight is 1050 g/mol. The van der Waals surface area contributed by atoms with E-state index in [2.05, 4.69) is 172 Å². The highest BCUT2D eigenvalue weighted by Crippen LogP contribution is 2.16. The Balaban J connectivity index is 3.53. The average Bonchev–Trinajstić information content (AvgIpc) is 3.42. The van der Waals surface area contributed by atoms with E-state index in [0.717, 1.165) is 122 Å². The molecule has 0 spiro atoms. The van der Waals surface area contributed by atoms with Gasteiger partial charge in [0.1, 0.15) is 6.61 Å². The topological polar surface area (TPSA) is 72.8 Å². The van der Waals surface area contributed by atoms with Crippen molar-refractivity contribution < 1.29 is 24.2 Å². The number of aliphatic hydroxyl groups is 1. The minimum absolute atomic E-state index is 0.0954. The first-order valence-corrected chi connectivity index (χ1v) is 31.0. The third-order valence-corrected chi connectivity index (χ3v) is 12.8. The number of hydrogen-bond donors (Lipinski definition) is 1. The second-order valence-corrected chi connectivity index (χ2v) is 20.0. The molecular formula is C71H114O5. The molecule has 0 aliphatic rings. The van der Waals surface area contributed by atoms with E-state index in [0.29, 0.717) is 12.8 Å². The summed E-state index contributed by atoms with van der Waals surface area (Å²) < 4.78 is 10.7. The lowest BCUT2D eigenvalue weighted by molar-refractivity contribution is -0.161. The summed E-state index contributed by atoms with van der Waals surface area (Å²) in [6.07, 6.45) is 99.6. The molecule has 0 aliphatic heterocycles. The molecule has 0 amide bonds. The van der Waals surface area contributed by atoms with Gasteiger partial charge in [0.2, 0.25) is 0 Å². The van der Waals surface area contributed by atoms with Gasteiger partial charge >= 0.3 is 11.9 Å². The standard InChI is InChI=1S/C71H114O5/c1-3-5-7-9-11-13-15-17-19-21-23-25-26-27-28-29-30-31-32-33-34-35-36-37-38-39-40-41-42-43-44-46-48-50-52-54-56-58-60-62-64-66-71(74)76-69(67-72)68-75-70(73)65-63-61-59-57-55-53-51-49-47-45-24-22-20-18-16-14-12-10-8-6-4-2/h5-8,11-14,17-20,23-25,27-28,30-31,33-34,45,49,51,55,57,69,72H,3-4,9-10,15-16,21-22,26,29,32,35-44,46-48,50,52-54,56,58-68H2,1-2H3/b7-5-,8-6-,13-11-,14-12-,19-17-,20-18-,25-23-,28-27-,31-30-,34-33-,45-24-,51-49-,57-55-. The van der Waals surface area contributed by atoms with Crippen molar-refractivity contribution in [2.24, 2.45) is 0 Å². The molecule has 0 aromatic carbocycles. The molecule has 0 fully saturated rings. The normalized spacial score (nSPS) is 13.4. The minimum Gasteiger partial charge on any atom is -0.462 e. The molecule has 0 aromatic heterocycles. The van der Waals surface area contributed by atoms with Crippen molar-refractivity contribution in [1.29, 1.82) is 0 Å². The number of ether oxygens (including phenoxy) is 2. The molecule has 0 aliphatic carbocycles. The van der Waals surface area contributed by atoms with E-state index in [9.17, 15) is 14.7 Å². The third kappa shape index (κ3) is 62.1. The Kier molecular flexibility index (Phi) is 61.0. The van der Waals surface area contributed by atoms with Crippen LogP contribution in [0.5, 0.6) is 0 Å². The maximum Gasteiger partial charge on any atom is 0.306 e. The van der Waals surface area contributed by atoms with Gasteiger partial charge < -0.3 is 14.6 Å². The quantitative estimate of drug-likeness (QED) is 0.0373. The maximum absolute atomic E-state index is 12.3. The van der Waals surface area contributed by atoms with Gasteiger partial charge in [-0.1, -0.05) is 281 Å². The summed E-state index contributed by atoms with van der Waals surface area (Å²) in [6.45, 7) is 3.88. The van der Waals surface area contributed by atoms with Crippen LogP contribution in [0.1, 0.15) is 258 Å². The van der Waals surface area contributed by atoms with Crippen LogP contribution in [-0.4, -0.2) is 36.4 Å². The van der Waals surface area contributed by atoms with E-state index in [1.54, 1.807) is 0 Å². The molecule has 5 nitrogen and oxygen atoms in total. The molecule has 0 heterocycles. The fourth-order valence-corrected chi connectivity index (χ4v) is 8.25. The number of hydrogen-bond acceptors (Lipinski definition) is 5. The molecule has 0 rings (SSSR count). The fraction of sp³-hybridized carbons (Fsp3) is 0.606. The van der Waals surface area contributed by atoms with Gasteiger partial charge in [0.15, 0.2) is 6.10 Å². The molecule has 0 saturated carbocycles. The molecular weight excluding hydrogens is 933 g/mol. The fourth-order valence-electron chi connectivity index (χ4n) is 8.25. The van der Waals surface area contributed by atoms with Crippen LogP contribution < -0.4 is 0 Å². The lowest BCUT2D eigenvalue weighted by Crippen LogP contribution is -2.28. The Morgan fingerprint density at radius 1 is 0.303 bits per heavy atom. The van der Waals surface area contributed by atoms with Gasteiger partial charge in [-0.3, -0.25) is 9.59 Å². The monoisotopic (exact) mass is 1050 g/mol. The van der Waals surface area contributed by atoms with Gasteiger partial charge in [-0.2, -0.15) is 0 Å². The molecule has 1 atom stereocenters. The summed E-state index contributed by atoms with van der Waals surface area (Å²) >= 11 is 0. The lowest BCUT2D eigenvalue weighted by atomic mass is 10.0. The Morgan fingerprint density at radius 2 is 0.526 bits per heavy atom. The molecule has 0 aromatic rings. The number of carbonyl (C=O) groups is 2. The zero-order chi connectivity index (χ0) is 54.8. The van der Waals surface area contributed by atoms with Crippen molar-refractivity contribution in [3.8, 4) is 0 Å². The lowest BCUT2D eigenvalue weighted by Gasteiger charge is -2.15. The first kappa shape index (κ1) is 71.5. The molecule has 5 heteroatoms. The highest BCUT2D eigenvalue weighted by atomic mass is 16.6. The van der Waals surface area contributed by atoms with Crippen LogP contribution in [0.25, 0.3) is 0 Å². The SMILES string of the molecule is CC/C=C\C/C=C\C/C=C\C/C=C\C/C=C\C/C=C\C/C=C\CCCCCCCCCCCCCCCCCCCCCC(=O)OC(CO)COC(=O)CCCC/C=C\C/C=C\C/C=C\C/C=C\C/C=C\C/C=C\CC. The Hall–Kier alpha value is -4.48. The van der Waals surface area contributed by atoms with Gasteiger partial charge in [0, 0.05) is 12.8 Å². The minimum atomic E-state index is -0.800. The summed E-state index contributed by atoms with van der Waals surface area (Å²) in [5.41, 5.74) is 0. The third-order valence-electron chi connectivity index (χ3n) is 12.8. The van der Waals surface area contributed by atoms with E-state index in [4.69, 9.17) is 9.47 Å². The summed E-state index contributed by atoms with van der Waals surface area (Å²) in [7, 11) is 0. The molecule has 0 saturated heterocycles. The number of rotatable bonds is 55. The van der Waals surface area contributed by atoms with Crippen LogP contribution in [0.4, 0.5) is 0 Å². The molecule has 0 radical (unpaired) electrons. The van der Waals surface area contributed by atoms with Gasteiger partial charge in [-0.25, -0.2) is 0 Å². The highest BCUT2D eigenvalue weighted by molar-refractivity contribution is 5.70. The summed E-state index contributed by atoms with van der Waals surface area (Å²) in [4.78, 5) is 24.5. The molecule has 76 heavy (non-hydrogen) atoms. The second-order valence-electron chi connectivity index (χ2n) is 20.0. The molecule has 1 N–H and O–H groups in total. The number of aliphatic hydroxyl groups excluding tert-OH is 1. The van der Waals surface area contributed by atoms with Crippen LogP contribution in [0.3, 0.4) is 0 Å². The van der Waals surface area contributed by atoms with Crippen LogP contribution in [0.15, 0.2) is 158 Å². The van der Waals surface area contributed by atoms with E-state index < -0.39 is 6.10 Å². The van der Waals surface area contributed by atoms with Crippen molar-refractivity contribution in [3.05, 3.63) is 158 Å². The Labute approximate surface area is 469 Å². The van der Waals surface area contributed by atoms with Crippen LogP contribution in [0.2, 0.25) is 0 Å². The number of unbranched alkanes of at least 4 members (excludes halogenated alkanes) is 21. The number of allylic oxidation sites excluding steroid dienone is 26. The first-order chi connectivity index (χ1) is 37.6. The van der Waals surface area contributed by atoms with Crippen molar-refractivity contribution in [3.63, 3.8) is 0 Å². The summed E-state index contributed by atoms with van der Waals surface area (Å²) in [5.74, 6) is -0.645. The van der Waals surface area contributed by atoms with Crippen LogP contribution in [0, 0.1) is 0 Å². The van der Waals surface area contributed by atoms with Gasteiger partial charge in [-0.15, -0.1) is 0 Å². The predicted molar refractivity (Wildman–Crippen MR) is 334 cm³/mol. The largest absolute Gasteiger partial charge is 0.462 e. The van der Waals surface area contributed by atoms with Crippen molar-refractivity contribution in [2.45, 2.75) is 264 Å². The van der Waals surface area contributed by atoms with E-state index in [-0.39, 0.29) is 25.2 Å². The van der Waals surface area contributed by atoms with Gasteiger partial charge in [0.25, 0.3) is 0 Å². The molecule has 0 bridgehead atoms. The maximum atomic E-state index is 12.3. The van der Waals surface area contributed by atoms with Crippen molar-refractivity contribution in [1.82, 2.24) is 0 Å². The van der Waals surface area contributed by atoms with E-state index in [1.807, 2.05) is 0 Å². The van der Waals surface area contributed by atoms with Crippen molar-refractivity contribution >= 4 is 11.9 Å². The number of esters is 2. The number of carbonyl (C=O) groups excluding carboxylic acids is 2. The summed E-state index contributed by atoms with van der Waals surface area (Å²) in [6, 6.07) is 0.